The first kappa shape index (κ1) is 19.7. The molecule has 0 fully saturated rings. The van der Waals surface area contributed by atoms with E-state index in [4.69, 9.17) is 4.98 Å². The Morgan fingerprint density at radius 3 is 2.64 bits per heavy atom. The minimum atomic E-state index is -0.665. The number of ether oxygens (including phenoxy) is 1. The third-order valence-electron chi connectivity index (χ3n) is 4.86. The third-order valence-corrected chi connectivity index (χ3v) is 4.86. The van der Waals surface area contributed by atoms with Gasteiger partial charge in [-0.2, -0.15) is 0 Å². The van der Waals surface area contributed by atoms with E-state index in [1.807, 2.05) is 63.4 Å². The van der Waals surface area contributed by atoms with Gasteiger partial charge in [-0.3, -0.25) is 4.79 Å². The van der Waals surface area contributed by atoms with Gasteiger partial charge in [0.25, 0.3) is 0 Å². The van der Waals surface area contributed by atoms with Crippen LogP contribution in [0, 0.1) is 12.8 Å². The lowest BCUT2D eigenvalue weighted by Crippen LogP contribution is -2.51. The molecule has 7 heteroatoms. The van der Waals surface area contributed by atoms with E-state index in [-0.39, 0.29) is 17.9 Å². The molecule has 7 nitrogen and oxygen atoms in total. The molecule has 2 aromatic rings. The summed E-state index contributed by atoms with van der Waals surface area (Å²) in [6.45, 7) is 6.29. The maximum atomic E-state index is 13.1. The highest BCUT2D eigenvalue weighted by Crippen LogP contribution is 2.28. The smallest absolute Gasteiger partial charge is 0.407 e. The minimum absolute atomic E-state index is 0.0763. The van der Waals surface area contributed by atoms with Crippen molar-refractivity contribution < 1.29 is 14.3 Å². The van der Waals surface area contributed by atoms with Crippen LogP contribution in [0.15, 0.2) is 42.6 Å². The van der Waals surface area contributed by atoms with Gasteiger partial charge in [0, 0.05) is 18.3 Å². The van der Waals surface area contributed by atoms with Crippen molar-refractivity contribution in [3.05, 3.63) is 54.0 Å². The van der Waals surface area contributed by atoms with Crippen molar-refractivity contribution in [3.63, 3.8) is 0 Å². The highest BCUT2D eigenvalue weighted by atomic mass is 16.5. The molecule has 1 unspecified atom stereocenters. The van der Waals surface area contributed by atoms with Gasteiger partial charge in [-0.1, -0.05) is 55.8 Å². The van der Waals surface area contributed by atoms with Gasteiger partial charge >= 0.3 is 6.09 Å². The van der Waals surface area contributed by atoms with Gasteiger partial charge in [0.1, 0.15) is 17.9 Å². The largest absolute Gasteiger partial charge is 0.453 e. The number of hydrogen-bond acceptors (Lipinski definition) is 4. The first-order valence-corrected chi connectivity index (χ1v) is 9.34. The van der Waals surface area contributed by atoms with Crippen molar-refractivity contribution in [1.29, 1.82) is 0 Å². The van der Waals surface area contributed by atoms with Gasteiger partial charge in [-0.05, 0) is 12.8 Å². The third kappa shape index (κ3) is 4.08. The van der Waals surface area contributed by atoms with Crippen LogP contribution in [0.1, 0.15) is 31.3 Å². The number of methoxy groups -OCH3 is 1. The molecule has 1 aliphatic rings. The maximum absolute atomic E-state index is 13.1. The molecule has 0 spiro atoms. The number of alkyl carbamates (subject to hydrolysis) is 1. The number of hydrogen-bond donors (Lipinski definition) is 2. The summed E-state index contributed by atoms with van der Waals surface area (Å²) in [6, 6.07) is 7.17. The second-order valence-corrected chi connectivity index (χ2v) is 7.26. The number of nitrogens with zero attached hydrogens (tertiary/aromatic N) is 2. The van der Waals surface area contributed by atoms with E-state index in [1.54, 1.807) is 4.90 Å². The van der Waals surface area contributed by atoms with E-state index in [1.165, 1.54) is 12.7 Å². The molecule has 2 N–H and O–H groups in total. The zero-order chi connectivity index (χ0) is 20.3. The number of aromatic amines is 1. The molecule has 0 saturated heterocycles. The molecule has 28 heavy (non-hydrogen) atoms. The fourth-order valence-corrected chi connectivity index (χ4v) is 3.23. The Balaban J connectivity index is 1.80. The predicted octanol–water partition coefficient (Wildman–Crippen LogP) is 3.21. The molecular formula is C21H26N4O3. The normalized spacial score (nSPS) is 17.0. The predicted molar refractivity (Wildman–Crippen MR) is 107 cm³/mol. The van der Waals surface area contributed by atoms with Gasteiger partial charge in [0.2, 0.25) is 5.91 Å². The maximum Gasteiger partial charge on any atom is 0.407 e. The first-order chi connectivity index (χ1) is 13.4. The van der Waals surface area contributed by atoms with Crippen molar-refractivity contribution >= 4 is 12.0 Å². The molecule has 1 aliphatic heterocycles. The zero-order valence-electron chi connectivity index (χ0n) is 16.6. The second-order valence-electron chi connectivity index (χ2n) is 7.26. The molecule has 1 aromatic heterocycles. The molecule has 2 atom stereocenters. The lowest BCUT2D eigenvalue weighted by molar-refractivity contribution is -0.135. The van der Waals surface area contributed by atoms with Crippen LogP contribution in [0.5, 0.6) is 0 Å². The van der Waals surface area contributed by atoms with E-state index in [0.717, 1.165) is 11.3 Å². The lowest BCUT2D eigenvalue weighted by Gasteiger charge is -2.29. The fraction of sp³-hybridized carbons (Fsp3) is 0.381. The second kappa shape index (κ2) is 8.29. The number of carbonyl (C=O) groups is 2. The molecule has 0 aliphatic carbocycles. The molecule has 3 rings (SSSR count). The molecular weight excluding hydrogens is 356 g/mol. The Morgan fingerprint density at radius 1 is 1.29 bits per heavy atom. The van der Waals surface area contributed by atoms with Gasteiger partial charge in [0.05, 0.1) is 12.8 Å². The van der Waals surface area contributed by atoms with Crippen molar-refractivity contribution in [2.24, 2.45) is 5.92 Å². The molecule has 2 heterocycles. The summed E-state index contributed by atoms with van der Waals surface area (Å²) in [4.78, 5) is 34.4. The van der Waals surface area contributed by atoms with Crippen LogP contribution in [0.3, 0.4) is 0 Å². The standard InChI is InChI=1S/C21H26N4O3/c1-13(2)18(24-21(27)28-4)20(26)25-11-5-6-17(25)19-22-12-16(23-19)15-9-7-14(3)8-10-15/h5-10,12-13,17-18H,11H2,1-4H3,(H,22,23)(H,24,27)/t17?,18-/m0/s1. The van der Waals surface area contributed by atoms with Crippen LogP contribution in [-0.2, 0) is 9.53 Å². The number of carbonyl (C=O) groups excluding carboxylic acids is 2. The number of benzene rings is 1. The van der Waals surface area contributed by atoms with Gasteiger partial charge in [-0.25, -0.2) is 9.78 Å². The summed E-state index contributed by atoms with van der Waals surface area (Å²) >= 11 is 0. The summed E-state index contributed by atoms with van der Waals surface area (Å²) in [5.74, 6) is 0.453. The SMILES string of the molecule is COC(=O)N[C@H](C(=O)N1CC=CC1c1nc(-c2ccc(C)cc2)c[nH]1)C(C)C. The quantitative estimate of drug-likeness (QED) is 0.778. The van der Waals surface area contributed by atoms with Crippen LogP contribution in [0.2, 0.25) is 0 Å². The van der Waals surface area contributed by atoms with E-state index in [0.29, 0.717) is 12.4 Å². The molecule has 0 radical (unpaired) electrons. The van der Waals surface area contributed by atoms with Gasteiger partial charge in [-0.15, -0.1) is 0 Å². The van der Waals surface area contributed by atoms with Crippen LogP contribution in [0.4, 0.5) is 4.79 Å². The van der Waals surface area contributed by atoms with Gasteiger partial charge in [0.15, 0.2) is 0 Å². The monoisotopic (exact) mass is 382 g/mol. The molecule has 0 bridgehead atoms. The molecule has 0 saturated carbocycles. The Morgan fingerprint density at radius 2 is 2.00 bits per heavy atom. The minimum Gasteiger partial charge on any atom is -0.453 e. The summed E-state index contributed by atoms with van der Waals surface area (Å²) in [6.07, 6.45) is 5.12. The number of aryl methyl sites for hydroxylation is 1. The first-order valence-electron chi connectivity index (χ1n) is 9.34. The Kier molecular flexibility index (Phi) is 5.82. The van der Waals surface area contributed by atoms with Crippen molar-refractivity contribution in [1.82, 2.24) is 20.2 Å². The Bertz CT molecular complexity index is 870. The highest BCUT2D eigenvalue weighted by molar-refractivity contribution is 5.86. The van der Waals surface area contributed by atoms with E-state index in [2.05, 4.69) is 15.0 Å². The van der Waals surface area contributed by atoms with E-state index < -0.39 is 12.1 Å². The van der Waals surface area contributed by atoms with E-state index in [9.17, 15) is 9.59 Å². The number of aromatic nitrogens is 2. The van der Waals surface area contributed by atoms with Crippen LogP contribution < -0.4 is 5.32 Å². The number of imidazole rings is 1. The highest BCUT2D eigenvalue weighted by Gasteiger charge is 2.35. The molecule has 2 amide bonds. The summed E-state index contributed by atoms with van der Waals surface area (Å²) in [5, 5.41) is 2.64. The summed E-state index contributed by atoms with van der Waals surface area (Å²) < 4.78 is 4.66. The van der Waals surface area contributed by atoms with Crippen LogP contribution in [0.25, 0.3) is 11.3 Å². The number of nitrogens with one attached hydrogen (secondary N) is 2. The van der Waals surface area contributed by atoms with Crippen molar-refractivity contribution in [2.75, 3.05) is 13.7 Å². The van der Waals surface area contributed by atoms with Crippen LogP contribution >= 0.6 is 0 Å². The zero-order valence-corrected chi connectivity index (χ0v) is 16.6. The van der Waals surface area contributed by atoms with Gasteiger partial charge < -0.3 is 19.9 Å². The van der Waals surface area contributed by atoms with Crippen LogP contribution in [-0.4, -0.2) is 46.6 Å². The van der Waals surface area contributed by atoms with Crippen molar-refractivity contribution in [2.45, 2.75) is 32.9 Å². The molecule has 1 aromatic carbocycles. The summed E-state index contributed by atoms with van der Waals surface area (Å²) in [5.41, 5.74) is 3.03. The van der Waals surface area contributed by atoms with Crippen molar-refractivity contribution in [3.8, 4) is 11.3 Å². The topological polar surface area (TPSA) is 87.3 Å². The Labute approximate surface area is 164 Å². The number of rotatable bonds is 5. The number of amides is 2. The average Bonchev–Trinajstić information content (AvgIpc) is 3.34. The average molecular weight is 382 g/mol. The number of H-pyrrole nitrogens is 1. The fourth-order valence-electron chi connectivity index (χ4n) is 3.23. The van der Waals surface area contributed by atoms with E-state index >= 15 is 0 Å². The summed E-state index contributed by atoms with van der Waals surface area (Å²) in [7, 11) is 1.28. The Hall–Kier alpha value is -3.09. The lowest BCUT2D eigenvalue weighted by atomic mass is 10.0. The molecule has 148 valence electrons.